The van der Waals surface area contributed by atoms with Gasteiger partial charge >= 0.3 is 5.97 Å². The number of nitrogens with zero attached hydrogens (tertiary/aromatic N) is 1. The standard InChI is InChI=1S/C35H26ClN3O4/c1-21-11-14-24(15-12-21)35(41)43-29-18-13-22(19-30(29)42-2)20-37-39-34(40)33-31(26-9-5-6-10-28(26)36)27-17-16-23-7-3-4-8-25(23)32(27)38-33/h3-20,38H,1-2H3,(H,39,40). The second-order valence-electron chi connectivity index (χ2n) is 9.93. The Morgan fingerprint density at radius 1 is 0.860 bits per heavy atom. The van der Waals surface area contributed by atoms with Crippen LogP contribution in [0.5, 0.6) is 11.5 Å². The van der Waals surface area contributed by atoms with Gasteiger partial charge in [0.25, 0.3) is 5.91 Å². The van der Waals surface area contributed by atoms with Crippen LogP contribution < -0.4 is 14.9 Å². The van der Waals surface area contributed by atoms with Crippen LogP contribution in [0.4, 0.5) is 0 Å². The molecule has 0 atom stereocenters. The van der Waals surface area contributed by atoms with Gasteiger partial charge in [0.1, 0.15) is 5.69 Å². The number of esters is 1. The summed E-state index contributed by atoms with van der Waals surface area (Å²) >= 11 is 6.59. The van der Waals surface area contributed by atoms with Gasteiger partial charge in [0.15, 0.2) is 11.5 Å². The Morgan fingerprint density at radius 3 is 2.42 bits per heavy atom. The lowest BCUT2D eigenvalue weighted by Crippen LogP contribution is -2.19. The number of ether oxygens (including phenoxy) is 2. The zero-order valence-corrected chi connectivity index (χ0v) is 24.1. The van der Waals surface area contributed by atoms with E-state index in [0.29, 0.717) is 33.2 Å². The molecule has 0 aliphatic rings. The monoisotopic (exact) mass is 587 g/mol. The first-order valence-corrected chi connectivity index (χ1v) is 13.9. The van der Waals surface area contributed by atoms with Crippen molar-refractivity contribution < 1.29 is 19.1 Å². The first kappa shape index (κ1) is 27.8. The smallest absolute Gasteiger partial charge is 0.343 e. The predicted octanol–water partition coefficient (Wildman–Crippen LogP) is 7.94. The largest absolute Gasteiger partial charge is 0.493 e. The molecule has 1 amide bonds. The molecular weight excluding hydrogens is 562 g/mol. The van der Waals surface area contributed by atoms with Crippen LogP contribution in [0.2, 0.25) is 5.02 Å². The molecule has 0 aliphatic heterocycles. The number of rotatable bonds is 7. The molecular formula is C35H26ClN3O4. The Labute approximate surface area is 252 Å². The molecule has 1 heterocycles. The molecule has 0 aliphatic carbocycles. The maximum atomic E-state index is 13.5. The van der Waals surface area contributed by atoms with Gasteiger partial charge < -0.3 is 14.5 Å². The van der Waals surface area contributed by atoms with E-state index in [-0.39, 0.29) is 5.75 Å². The number of hydrogen-bond donors (Lipinski definition) is 2. The van der Waals surface area contributed by atoms with Gasteiger partial charge in [-0.15, -0.1) is 0 Å². The van der Waals surface area contributed by atoms with Crippen molar-refractivity contribution >= 4 is 51.4 Å². The fraction of sp³-hybridized carbons (Fsp3) is 0.0571. The summed E-state index contributed by atoms with van der Waals surface area (Å²) in [6.07, 6.45) is 1.49. The number of hydrazone groups is 1. The summed E-state index contributed by atoms with van der Waals surface area (Å²) in [7, 11) is 1.48. The van der Waals surface area contributed by atoms with E-state index in [4.69, 9.17) is 21.1 Å². The van der Waals surface area contributed by atoms with E-state index in [1.165, 1.54) is 13.3 Å². The van der Waals surface area contributed by atoms with Crippen molar-refractivity contribution in [3.8, 4) is 22.6 Å². The third-order valence-electron chi connectivity index (χ3n) is 7.13. The molecule has 6 rings (SSSR count). The number of carbonyl (C=O) groups is 2. The van der Waals surface area contributed by atoms with Gasteiger partial charge in [0.05, 0.1) is 24.4 Å². The summed E-state index contributed by atoms with van der Waals surface area (Å²) in [6.45, 7) is 1.95. The van der Waals surface area contributed by atoms with Gasteiger partial charge in [-0.1, -0.05) is 83.9 Å². The molecule has 0 saturated carbocycles. The summed E-state index contributed by atoms with van der Waals surface area (Å²) in [5.74, 6) is -0.308. The van der Waals surface area contributed by atoms with Crippen LogP contribution in [0.25, 0.3) is 32.8 Å². The minimum Gasteiger partial charge on any atom is -0.493 e. The van der Waals surface area contributed by atoms with E-state index in [2.05, 4.69) is 15.5 Å². The first-order chi connectivity index (χ1) is 20.9. The van der Waals surface area contributed by atoms with Crippen LogP contribution in [0.15, 0.2) is 108 Å². The van der Waals surface area contributed by atoms with E-state index < -0.39 is 11.9 Å². The SMILES string of the molecule is COc1cc(C=NNC(=O)c2[nH]c3c(ccc4ccccc43)c2-c2ccccc2Cl)ccc1OC(=O)c1ccc(C)cc1. The van der Waals surface area contributed by atoms with Gasteiger partial charge in [-0.05, 0) is 54.3 Å². The molecule has 2 N–H and O–H groups in total. The lowest BCUT2D eigenvalue weighted by Gasteiger charge is -2.10. The summed E-state index contributed by atoms with van der Waals surface area (Å²) < 4.78 is 11.0. The number of aryl methyl sites for hydroxylation is 1. The van der Waals surface area contributed by atoms with Gasteiger partial charge in [-0.2, -0.15) is 5.10 Å². The summed E-state index contributed by atoms with van der Waals surface area (Å²) in [5.41, 5.74) is 7.34. The van der Waals surface area contributed by atoms with Crippen molar-refractivity contribution in [2.45, 2.75) is 6.92 Å². The quantitative estimate of drug-likeness (QED) is 0.0858. The maximum Gasteiger partial charge on any atom is 0.343 e. The molecule has 7 nitrogen and oxygen atoms in total. The number of fused-ring (bicyclic) bond motifs is 3. The highest BCUT2D eigenvalue weighted by atomic mass is 35.5. The molecule has 0 spiro atoms. The fourth-order valence-electron chi connectivity index (χ4n) is 4.97. The summed E-state index contributed by atoms with van der Waals surface area (Å²) in [4.78, 5) is 29.4. The number of nitrogens with one attached hydrogen (secondary N) is 2. The fourth-order valence-corrected chi connectivity index (χ4v) is 5.20. The third-order valence-corrected chi connectivity index (χ3v) is 7.46. The molecule has 43 heavy (non-hydrogen) atoms. The number of halogens is 1. The molecule has 0 saturated heterocycles. The molecule has 8 heteroatoms. The second-order valence-corrected chi connectivity index (χ2v) is 10.3. The summed E-state index contributed by atoms with van der Waals surface area (Å²) in [5, 5.41) is 7.64. The number of aromatic nitrogens is 1. The maximum absolute atomic E-state index is 13.5. The number of methoxy groups -OCH3 is 1. The minimum absolute atomic E-state index is 0.268. The Bertz CT molecular complexity index is 2030. The van der Waals surface area contributed by atoms with Crippen LogP contribution in [0.3, 0.4) is 0 Å². The number of aromatic amines is 1. The molecule has 0 fully saturated rings. The van der Waals surface area contributed by atoms with Crippen molar-refractivity contribution in [3.63, 3.8) is 0 Å². The molecule has 0 radical (unpaired) electrons. The average Bonchev–Trinajstić information content (AvgIpc) is 3.42. The van der Waals surface area contributed by atoms with Crippen molar-refractivity contribution in [2.24, 2.45) is 5.10 Å². The van der Waals surface area contributed by atoms with Gasteiger partial charge in [0.2, 0.25) is 0 Å². The Kier molecular flexibility index (Phi) is 7.64. The lowest BCUT2D eigenvalue weighted by molar-refractivity contribution is 0.0729. The van der Waals surface area contributed by atoms with Crippen molar-refractivity contribution in [3.05, 3.63) is 131 Å². The molecule has 5 aromatic carbocycles. The number of amides is 1. The van der Waals surface area contributed by atoms with Crippen LogP contribution >= 0.6 is 11.6 Å². The van der Waals surface area contributed by atoms with E-state index in [0.717, 1.165) is 32.8 Å². The zero-order valence-electron chi connectivity index (χ0n) is 23.4. The van der Waals surface area contributed by atoms with Crippen LogP contribution in [0.1, 0.15) is 32.0 Å². The van der Waals surface area contributed by atoms with Gasteiger partial charge in [-0.3, -0.25) is 4.79 Å². The van der Waals surface area contributed by atoms with Crippen molar-refractivity contribution in [1.82, 2.24) is 10.4 Å². The highest BCUT2D eigenvalue weighted by molar-refractivity contribution is 6.34. The molecule has 0 bridgehead atoms. The third kappa shape index (κ3) is 5.58. The minimum atomic E-state index is -0.493. The highest BCUT2D eigenvalue weighted by Crippen LogP contribution is 2.39. The highest BCUT2D eigenvalue weighted by Gasteiger charge is 2.22. The van der Waals surface area contributed by atoms with E-state index in [1.807, 2.05) is 73.7 Å². The van der Waals surface area contributed by atoms with E-state index in [9.17, 15) is 9.59 Å². The van der Waals surface area contributed by atoms with Crippen LogP contribution in [-0.2, 0) is 0 Å². The molecule has 212 valence electrons. The molecule has 0 unspecified atom stereocenters. The van der Waals surface area contributed by atoms with Crippen LogP contribution in [-0.4, -0.2) is 30.2 Å². The van der Waals surface area contributed by atoms with Gasteiger partial charge in [0, 0.05) is 26.9 Å². The molecule has 1 aromatic heterocycles. The number of H-pyrrole nitrogens is 1. The Balaban J connectivity index is 1.27. The Hall–Kier alpha value is -5.40. The lowest BCUT2D eigenvalue weighted by atomic mass is 9.99. The molecule has 6 aromatic rings. The Morgan fingerprint density at radius 2 is 1.63 bits per heavy atom. The summed E-state index contributed by atoms with van der Waals surface area (Å²) in [6, 6.07) is 31.5. The number of carbonyl (C=O) groups excluding carboxylic acids is 2. The normalized spacial score (nSPS) is 11.2. The van der Waals surface area contributed by atoms with E-state index in [1.54, 1.807) is 36.4 Å². The number of benzene rings is 5. The number of hydrogen-bond acceptors (Lipinski definition) is 5. The zero-order chi connectivity index (χ0) is 29.9. The van der Waals surface area contributed by atoms with Crippen LogP contribution in [0, 0.1) is 6.92 Å². The predicted molar refractivity (Wildman–Crippen MR) is 170 cm³/mol. The topological polar surface area (TPSA) is 92.8 Å². The van der Waals surface area contributed by atoms with Gasteiger partial charge in [-0.25, -0.2) is 10.2 Å². The van der Waals surface area contributed by atoms with Crippen molar-refractivity contribution in [2.75, 3.05) is 7.11 Å². The average molecular weight is 588 g/mol. The van der Waals surface area contributed by atoms with Crippen molar-refractivity contribution in [1.29, 1.82) is 0 Å². The first-order valence-electron chi connectivity index (χ1n) is 13.5. The van der Waals surface area contributed by atoms with E-state index >= 15 is 0 Å². The second kappa shape index (κ2) is 11.8.